The third-order valence-electron chi connectivity index (χ3n) is 2.65. The minimum atomic E-state index is -0.422. The molecule has 1 aromatic heterocycles. The summed E-state index contributed by atoms with van der Waals surface area (Å²) >= 11 is 4.76. The summed E-state index contributed by atoms with van der Waals surface area (Å²) in [7, 11) is 0. The Hall–Kier alpha value is -2.01. The summed E-state index contributed by atoms with van der Waals surface area (Å²) in [5, 5.41) is 3.11. The second kappa shape index (κ2) is 5.75. The summed E-state index contributed by atoms with van der Waals surface area (Å²) in [5.74, 6) is -0.422. The maximum Gasteiger partial charge on any atom is 0.135 e. The molecular weight excluding hydrogens is 261 g/mol. The van der Waals surface area contributed by atoms with Crippen molar-refractivity contribution in [2.75, 3.05) is 5.32 Å². The fourth-order valence-electron chi connectivity index (χ4n) is 1.72. The zero-order valence-electron chi connectivity index (χ0n) is 10.5. The number of nitrogens with zero attached hydrogens (tertiary/aromatic N) is 1. The number of nitrogens with one attached hydrogen (secondary N) is 1. The Kier molecular flexibility index (Phi) is 4.06. The van der Waals surface area contributed by atoms with Gasteiger partial charge in [0.05, 0.1) is 12.2 Å². The van der Waals surface area contributed by atoms with Crippen LogP contribution in [-0.2, 0) is 6.54 Å². The van der Waals surface area contributed by atoms with Crippen molar-refractivity contribution in [2.24, 2.45) is 5.73 Å². The molecule has 3 N–H and O–H groups in total. The Morgan fingerprint density at radius 1 is 1.37 bits per heavy atom. The van der Waals surface area contributed by atoms with Gasteiger partial charge >= 0.3 is 0 Å². The van der Waals surface area contributed by atoms with Crippen molar-refractivity contribution in [1.29, 1.82) is 0 Å². The van der Waals surface area contributed by atoms with Gasteiger partial charge in [0.15, 0.2) is 0 Å². The molecule has 19 heavy (non-hydrogen) atoms. The Labute approximate surface area is 116 Å². The van der Waals surface area contributed by atoms with Gasteiger partial charge in [-0.3, -0.25) is 4.98 Å². The lowest BCUT2D eigenvalue weighted by molar-refractivity contribution is 0.626. The van der Waals surface area contributed by atoms with Crippen molar-refractivity contribution in [3.05, 3.63) is 59.2 Å². The normalized spacial score (nSPS) is 10.2. The van der Waals surface area contributed by atoms with Gasteiger partial charge in [-0.1, -0.05) is 18.3 Å². The number of halogens is 1. The van der Waals surface area contributed by atoms with Gasteiger partial charge < -0.3 is 11.1 Å². The zero-order chi connectivity index (χ0) is 13.8. The third kappa shape index (κ3) is 3.48. The fourth-order valence-corrected chi connectivity index (χ4v) is 1.88. The van der Waals surface area contributed by atoms with Gasteiger partial charge in [-0.15, -0.1) is 0 Å². The number of benzene rings is 1. The van der Waals surface area contributed by atoms with Crippen LogP contribution >= 0.6 is 12.2 Å². The van der Waals surface area contributed by atoms with E-state index in [1.807, 2.05) is 25.1 Å². The summed E-state index contributed by atoms with van der Waals surface area (Å²) in [4.78, 5) is 4.42. The van der Waals surface area contributed by atoms with E-state index in [2.05, 4.69) is 10.3 Å². The molecule has 3 nitrogen and oxygen atoms in total. The monoisotopic (exact) mass is 275 g/mol. The van der Waals surface area contributed by atoms with Gasteiger partial charge in [-0.2, -0.15) is 0 Å². The van der Waals surface area contributed by atoms with E-state index in [9.17, 15) is 4.39 Å². The van der Waals surface area contributed by atoms with Crippen molar-refractivity contribution in [1.82, 2.24) is 4.98 Å². The van der Waals surface area contributed by atoms with Crippen LogP contribution in [0.4, 0.5) is 10.1 Å². The average Bonchev–Trinajstić information content (AvgIpc) is 2.36. The first-order valence-corrected chi connectivity index (χ1v) is 6.23. The highest BCUT2D eigenvalue weighted by Gasteiger charge is 2.05. The molecule has 1 heterocycles. The van der Waals surface area contributed by atoms with E-state index >= 15 is 0 Å². The molecule has 0 unspecified atom stereocenters. The summed E-state index contributed by atoms with van der Waals surface area (Å²) in [6.07, 6.45) is 0. The first-order valence-electron chi connectivity index (χ1n) is 5.82. The van der Waals surface area contributed by atoms with Gasteiger partial charge in [-0.25, -0.2) is 4.39 Å². The predicted octanol–water partition coefficient (Wildman–Crippen LogP) is 2.78. The highest BCUT2D eigenvalue weighted by molar-refractivity contribution is 7.80. The summed E-state index contributed by atoms with van der Waals surface area (Å²) in [5.41, 5.74) is 8.19. The average molecular weight is 275 g/mol. The van der Waals surface area contributed by atoms with E-state index in [0.717, 1.165) is 11.4 Å². The molecule has 1 aromatic carbocycles. The topological polar surface area (TPSA) is 50.9 Å². The Balaban J connectivity index is 2.08. The molecule has 0 saturated heterocycles. The maximum absolute atomic E-state index is 13.7. The number of aryl methyl sites for hydroxylation is 1. The molecule has 2 aromatic rings. The highest BCUT2D eigenvalue weighted by atomic mass is 32.1. The number of thiocarbonyl (C=S) groups is 1. The molecule has 0 radical (unpaired) electrons. The number of aromatic nitrogens is 1. The van der Waals surface area contributed by atoms with Crippen molar-refractivity contribution in [3.63, 3.8) is 0 Å². The van der Waals surface area contributed by atoms with Crippen LogP contribution in [0.1, 0.15) is 17.0 Å². The Morgan fingerprint density at radius 3 is 2.79 bits per heavy atom. The lowest BCUT2D eigenvalue weighted by atomic mass is 10.2. The molecule has 0 bridgehead atoms. The molecule has 2 rings (SSSR count). The Bertz CT molecular complexity index is 613. The first-order chi connectivity index (χ1) is 9.06. The molecule has 98 valence electrons. The summed E-state index contributed by atoms with van der Waals surface area (Å²) < 4.78 is 13.7. The summed E-state index contributed by atoms with van der Waals surface area (Å²) in [6, 6.07) is 10.5. The van der Waals surface area contributed by atoms with Crippen LogP contribution in [0.2, 0.25) is 0 Å². The molecule has 5 heteroatoms. The smallest absolute Gasteiger partial charge is 0.135 e. The quantitative estimate of drug-likeness (QED) is 0.842. The highest BCUT2D eigenvalue weighted by Crippen LogP contribution is 2.15. The molecule has 0 aliphatic carbocycles. The number of nitrogens with two attached hydrogens (primary N) is 1. The second-order valence-corrected chi connectivity index (χ2v) is 4.62. The molecule has 0 aliphatic rings. The minimum Gasteiger partial charge on any atom is -0.389 e. The third-order valence-corrected chi connectivity index (χ3v) is 2.87. The molecule has 0 saturated carbocycles. The number of pyridine rings is 1. The van der Waals surface area contributed by atoms with E-state index < -0.39 is 5.82 Å². The standard InChI is InChI=1S/C14H14FN3S/c1-9-3-2-4-11(18-9)8-17-10-5-6-12(14(16)19)13(15)7-10/h2-7,17H,8H2,1H3,(H2,16,19). The molecule has 0 atom stereocenters. The molecule has 0 aliphatic heterocycles. The van der Waals surface area contributed by atoms with E-state index in [4.69, 9.17) is 18.0 Å². The van der Waals surface area contributed by atoms with Crippen molar-refractivity contribution in [2.45, 2.75) is 13.5 Å². The number of anilines is 1. The van der Waals surface area contributed by atoms with Gasteiger partial charge in [0.25, 0.3) is 0 Å². The Morgan fingerprint density at radius 2 is 2.16 bits per heavy atom. The lowest BCUT2D eigenvalue weighted by Crippen LogP contribution is -2.12. The van der Waals surface area contributed by atoms with Crippen molar-refractivity contribution >= 4 is 22.9 Å². The number of rotatable bonds is 4. The van der Waals surface area contributed by atoms with Gasteiger partial charge in [0.2, 0.25) is 0 Å². The fraction of sp³-hybridized carbons (Fsp3) is 0.143. The van der Waals surface area contributed by atoms with Gasteiger partial charge in [0.1, 0.15) is 10.8 Å². The molecular formula is C14H14FN3S. The van der Waals surface area contributed by atoms with Crippen LogP contribution in [0.5, 0.6) is 0 Å². The largest absolute Gasteiger partial charge is 0.389 e. The SMILES string of the molecule is Cc1cccc(CNc2ccc(C(N)=S)c(F)c2)n1. The first kappa shape index (κ1) is 13.4. The van der Waals surface area contributed by atoms with E-state index in [1.54, 1.807) is 12.1 Å². The van der Waals surface area contributed by atoms with E-state index in [1.165, 1.54) is 6.07 Å². The molecule has 0 amide bonds. The van der Waals surface area contributed by atoms with Crippen LogP contribution < -0.4 is 11.1 Å². The zero-order valence-corrected chi connectivity index (χ0v) is 11.3. The van der Waals surface area contributed by atoms with E-state index in [0.29, 0.717) is 12.2 Å². The van der Waals surface area contributed by atoms with Crippen molar-refractivity contribution in [3.8, 4) is 0 Å². The van der Waals surface area contributed by atoms with Crippen LogP contribution in [0.3, 0.4) is 0 Å². The predicted molar refractivity (Wildman–Crippen MR) is 78.6 cm³/mol. The van der Waals surface area contributed by atoms with Crippen LogP contribution in [0, 0.1) is 12.7 Å². The van der Waals surface area contributed by atoms with E-state index in [-0.39, 0.29) is 10.6 Å². The van der Waals surface area contributed by atoms with Crippen molar-refractivity contribution < 1.29 is 4.39 Å². The van der Waals surface area contributed by atoms with Gasteiger partial charge in [-0.05, 0) is 37.3 Å². The number of hydrogen-bond donors (Lipinski definition) is 2. The maximum atomic E-state index is 13.7. The van der Waals surface area contributed by atoms with Crippen LogP contribution in [-0.4, -0.2) is 9.97 Å². The second-order valence-electron chi connectivity index (χ2n) is 4.18. The summed E-state index contributed by atoms with van der Waals surface area (Å²) in [6.45, 7) is 2.47. The number of hydrogen-bond acceptors (Lipinski definition) is 3. The molecule has 0 fully saturated rings. The minimum absolute atomic E-state index is 0.0596. The molecule has 0 spiro atoms. The van der Waals surface area contributed by atoms with Crippen LogP contribution in [0.15, 0.2) is 36.4 Å². The lowest BCUT2D eigenvalue weighted by Gasteiger charge is -2.08. The van der Waals surface area contributed by atoms with Crippen LogP contribution in [0.25, 0.3) is 0 Å². The van der Waals surface area contributed by atoms with Gasteiger partial charge in [0, 0.05) is 16.9 Å².